The van der Waals surface area contributed by atoms with E-state index in [0.717, 1.165) is 43.4 Å². The van der Waals surface area contributed by atoms with Gasteiger partial charge in [-0.3, -0.25) is 24.1 Å². The number of likely N-dealkylation sites (tertiary alicyclic amines) is 1. The lowest BCUT2D eigenvalue weighted by molar-refractivity contribution is -0.139. The maximum Gasteiger partial charge on any atom is 0.414 e. The van der Waals surface area contributed by atoms with Crippen molar-refractivity contribution in [2.45, 2.75) is 89.8 Å². The van der Waals surface area contributed by atoms with Crippen LogP contribution in [-0.2, 0) is 23.9 Å². The Labute approximate surface area is 297 Å². The van der Waals surface area contributed by atoms with E-state index in [-0.39, 0.29) is 61.3 Å². The van der Waals surface area contributed by atoms with Gasteiger partial charge in [-0.1, -0.05) is 38.0 Å². The molecular formula is C36H48N4O9S. The quantitative estimate of drug-likeness (QED) is 0.140. The average molecular weight is 713 g/mol. The molecule has 14 heteroatoms. The molecular weight excluding hydrogens is 664 g/mol. The Bertz CT molecular complexity index is 1550. The van der Waals surface area contributed by atoms with Crippen molar-refractivity contribution in [3.63, 3.8) is 0 Å². The minimum absolute atomic E-state index is 0.0692. The van der Waals surface area contributed by atoms with Crippen LogP contribution in [0.1, 0.15) is 99.2 Å². The van der Waals surface area contributed by atoms with Crippen molar-refractivity contribution in [2.24, 2.45) is 5.92 Å². The highest BCUT2D eigenvalue weighted by Crippen LogP contribution is 2.37. The topological polar surface area (TPSA) is 165 Å². The zero-order chi connectivity index (χ0) is 36.4. The summed E-state index contributed by atoms with van der Waals surface area (Å²) in [5.74, 6) is -1.64. The molecule has 1 saturated carbocycles. The summed E-state index contributed by atoms with van der Waals surface area (Å²) in [6, 6.07) is 5.57. The maximum atomic E-state index is 14.3. The molecule has 2 fully saturated rings. The van der Waals surface area contributed by atoms with Crippen molar-refractivity contribution in [3.05, 3.63) is 58.2 Å². The first kappa shape index (κ1) is 38.5. The number of nitrogens with zero attached hydrogens (tertiary/aromatic N) is 3. The molecule has 0 radical (unpaired) electrons. The number of aliphatic carboxylic acids is 1. The number of carbonyl (C=O) groups is 5. The Morgan fingerprint density at radius 2 is 1.82 bits per heavy atom. The van der Waals surface area contributed by atoms with Crippen LogP contribution in [-0.4, -0.2) is 94.6 Å². The fourth-order valence-corrected chi connectivity index (χ4v) is 6.98. The van der Waals surface area contributed by atoms with Crippen LogP contribution in [0, 0.1) is 5.92 Å². The van der Waals surface area contributed by atoms with Gasteiger partial charge in [0.15, 0.2) is 0 Å². The number of aromatic nitrogens is 1. The van der Waals surface area contributed by atoms with E-state index in [2.05, 4.69) is 16.9 Å². The SMILES string of the molecule is C=C(C(=O)N[C@H](C(=O)N1CCC[C@H]1c1nc(C(=O)c2cccc(OCCOCCC(=O)O)c2)cs1)C1CCCCC1)N(C)C(=O)OC(C)(C)C. The predicted octanol–water partition coefficient (Wildman–Crippen LogP) is 5.35. The van der Waals surface area contributed by atoms with Gasteiger partial charge < -0.3 is 29.5 Å². The third-order valence-corrected chi connectivity index (χ3v) is 9.58. The van der Waals surface area contributed by atoms with Crippen molar-refractivity contribution in [1.29, 1.82) is 0 Å². The van der Waals surface area contributed by atoms with Crippen molar-refractivity contribution in [2.75, 3.05) is 33.4 Å². The molecule has 1 aromatic heterocycles. The smallest absolute Gasteiger partial charge is 0.414 e. The van der Waals surface area contributed by atoms with E-state index >= 15 is 0 Å². The number of likely N-dealkylation sites (N-methyl/N-ethyl adjacent to an activating group) is 1. The van der Waals surface area contributed by atoms with E-state index in [1.165, 1.54) is 18.4 Å². The maximum absolute atomic E-state index is 14.3. The first-order valence-electron chi connectivity index (χ1n) is 17.0. The minimum Gasteiger partial charge on any atom is -0.491 e. The Kier molecular flexibility index (Phi) is 13.5. The van der Waals surface area contributed by atoms with Crippen LogP contribution in [0.25, 0.3) is 0 Å². The van der Waals surface area contributed by atoms with Crippen LogP contribution in [0.5, 0.6) is 5.75 Å². The summed E-state index contributed by atoms with van der Waals surface area (Å²) in [5.41, 5.74) is -0.222. The summed E-state index contributed by atoms with van der Waals surface area (Å²) in [4.78, 5) is 71.9. The molecule has 2 N–H and O–H groups in total. The van der Waals surface area contributed by atoms with Gasteiger partial charge >= 0.3 is 12.1 Å². The van der Waals surface area contributed by atoms with Gasteiger partial charge in [-0.25, -0.2) is 9.78 Å². The molecule has 50 heavy (non-hydrogen) atoms. The van der Waals surface area contributed by atoms with E-state index in [4.69, 9.17) is 19.3 Å². The van der Waals surface area contributed by atoms with Crippen molar-refractivity contribution in [1.82, 2.24) is 20.1 Å². The summed E-state index contributed by atoms with van der Waals surface area (Å²) in [6.07, 6.45) is 5.18. The Morgan fingerprint density at radius 1 is 1.08 bits per heavy atom. The largest absolute Gasteiger partial charge is 0.491 e. The van der Waals surface area contributed by atoms with Gasteiger partial charge in [-0.05, 0) is 64.5 Å². The van der Waals surface area contributed by atoms with Crippen molar-refractivity contribution < 1.29 is 43.3 Å². The van der Waals surface area contributed by atoms with E-state index in [9.17, 15) is 24.0 Å². The molecule has 1 aliphatic carbocycles. The second kappa shape index (κ2) is 17.6. The molecule has 1 aromatic carbocycles. The lowest BCUT2D eigenvalue weighted by atomic mass is 9.83. The first-order chi connectivity index (χ1) is 23.7. The van der Waals surface area contributed by atoms with Gasteiger partial charge in [0, 0.05) is 24.5 Å². The van der Waals surface area contributed by atoms with Crippen LogP contribution in [0.2, 0.25) is 0 Å². The van der Waals surface area contributed by atoms with E-state index in [1.807, 2.05) is 0 Å². The van der Waals surface area contributed by atoms with Gasteiger partial charge in [-0.2, -0.15) is 0 Å². The van der Waals surface area contributed by atoms with Gasteiger partial charge in [0.25, 0.3) is 5.91 Å². The standard InChI is InChI=1S/C36H48N4O9S/c1-23(39(5)35(46)49-36(2,3)4)32(44)38-30(24-11-7-6-8-12-24)34(45)40-17-10-15-28(40)33-37-27(22-50-33)31(43)25-13-9-14-26(21-25)48-20-19-47-18-16-29(41)42/h9,13-14,21-22,24,28,30H,1,6-8,10-12,15-20H2,2-5H3,(H,38,44)(H,41,42)/t28-,30-/m0/s1. The second-order valence-electron chi connectivity index (χ2n) is 13.6. The van der Waals surface area contributed by atoms with Crippen LogP contribution in [0.15, 0.2) is 41.9 Å². The van der Waals surface area contributed by atoms with Gasteiger partial charge in [-0.15, -0.1) is 11.3 Å². The molecule has 13 nitrogen and oxygen atoms in total. The van der Waals surface area contributed by atoms with E-state index in [1.54, 1.807) is 55.3 Å². The number of ketones is 1. The predicted molar refractivity (Wildman–Crippen MR) is 186 cm³/mol. The molecule has 2 aliphatic rings. The molecule has 1 aliphatic heterocycles. The zero-order valence-corrected chi connectivity index (χ0v) is 30.1. The number of amides is 3. The molecule has 2 atom stereocenters. The third kappa shape index (κ3) is 10.6. The monoisotopic (exact) mass is 712 g/mol. The summed E-state index contributed by atoms with van der Waals surface area (Å²) in [7, 11) is 1.41. The molecule has 3 amide bonds. The lowest BCUT2D eigenvalue weighted by Crippen LogP contribution is -2.53. The second-order valence-corrected chi connectivity index (χ2v) is 14.4. The minimum atomic E-state index is -0.935. The van der Waals surface area contributed by atoms with Gasteiger partial charge in [0.05, 0.1) is 25.7 Å². The number of hydrogen-bond acceptors (Lipinski definition) is 10. The third-order valence-electron chi connectivity index (χ3n) is 8.64. The van der Waals surface area contributed by atoms with Crippen molar-refractivity contribution >= 4 is 41.0 Å². The fraction of sp³-hybridized carbons (Fsp3) is 0.556. The highest BCUT2D eigenvalue weighted by Gasteiger charge is 2.40. The van der Waals surface area contributed by atoms with Crippen LogP contribution < -0.4 is 10.1 Å². The van der Waals surface area contributed by atoms with Gasteiger partial charge in [0.1, 0.15) is 40.4 Å². The summed E-state index contributed by atoms with van der Waals surface area (Å²) >= 11 is 1.32. The number of carboxylic acid groups (broad SMARTS) is 1. The number of thiazole rings is 1. The molecule has 0 spiro atoms. The first-order valence-corrected chi connectivity index (χ1v) is 17.9. The molecule has 0 unspecified atom stereocenters. The number of ether oxygens (including phenoxy) is 3. The molecule has 272 valence electrons. The Morgan fingerprint density at radius 3 is 2.52 bits per heavy atom. The summed E-state index contributed by atoms with van der Waals surface area (Å²) in [6.45, 7) is 10.00. The van der Waals surface area contributed by atoms with E-state index in [0.29, 0.717) is 29.3 Å². The highest BCUT2D eigenvalue weighted by atomic mass is 32.1. The van der Waals surface area contributed by atoms with Gasteiger partial charge in [0.2, 0.25) is 11.7 Å². The summed E-state index contributed by atoms with van der Waals surface area (Å²) < 4.78 is 16.3. The molecule has 2 aromatic rings. The highest BCUT2D eigenvalue weighted by molar-refractivity contribution is 7.10. The van der Waals surface area contributed by atoms with Crippen LogP contribution in [0.3, 0.4) is 0 Å². The average Bonchev–Trinajstić information content (AvgIpc) is 3.77. The molecule has 1 saturated heterocycles. The normalized spacial score (nSPS) is 17.1. The lowest BCUT2D eigenvalue weighted by Gasteiger charge is -2.35. The number of rotatable bonds is 15. The number of nitrogens with one attached hydrogen (secondary N) is 1. The van der Waals surface area contributed by atoms with Crippen molar-refractivity contribution in [3.8, 4) is 5.75 Å². The van der Waals surface area contributed by atoms with Crippen LogP contribution in [0.4, 0.5) is 4.79 Å². The summed E-state index contributed by atoms with van der Waals surface area (Å²) in [5, 5.41) is 14.0. The molecule has 0 bridgehead atoms. The number of benzene rings is 1. The Hall–Kier alpha value is -4.30. The van der Waals surface area contributed by atoms with Crippen LogP contribution >= 0.6 is 11.3 Å². The zero-order valence-electron chi connectivity index (χ0n) is 29.3. The number of carbonyl (C=O) groups excluding carboxylic acids is 4. The Balaban J connectivity index is 1.43. The number of hydrogen-bond donors (Lipinski definition) is 2. The molecule has 4 rings (SSSR count). The number of carboxylic acids is 1. The molecule has 2 heterocycles. The fourth-order valence-electron chi connectivity index (χ4n) is 6.03. The van der Waals surface area contributed by atoms with E-state index < -0.39 is 29.6 Å².